The normalized spacial score (nSPS) is 16.2. The molecule has 2 aliphatic carbocycles. The van der Waals surface area contributed by atoms with Crippen molar-refractivity contribution < 1.29 is 14.0 Å². The lowest BCUT2D eigenvalue weighted by atomic mass is 10.1. The second-order valence-corrected chi connectivity index (χ2v) is 7.12. The summed E-state index contributed by atoms with van der Waals surface area (Å²) in [6.07, 6.45) is 4.07. The molecule has 2 fully saturated rings. The van der Waals surface area contributed by atoms with Crippen molar-refractivity contribution in [1.29, 1.82) is 0 Å². The topological polar surface area (TPSA) is 49.4 Å². The van der Waals surface area contributed by atoms with Crippen LogP contribution in [0.25, 0.3) is 0 Å². The molecule has 4 rings (SSSR count). The Bertz CT molecular complexity index is 826. The number of amides is 2. The molecule has 2 amide bonds. The number of nitrogens with zero attached hydrogens (tertiary/aromatic N) is 1. The van der Waals surface area contributed by atoms with Crippen LogP contribution in [0.15, 0.2) is 48.5 Å². The molecule has 2 aliphatic rings. The number of carbonyl (C=O) groups is 2. The number of benzene rings is 2. The lowest BCUT2D eigenvalue weighted by Crippen LogP contribution is -2.32. The first-order chi connectivity index (χ1) is 12.6. The highest BCUT2D eigenvalue weighted by molar-refractivity contribution is 5.95. The number of halogens is 1. The minimum absolute atomic E-state index is 0.0473. The maximum atomic E-state index is 13.4. The van der Waals surface area contributed by atoms with Crippen molar-refractivity contribution in [3.05, 3.63) is 71.0 Å². The van der Waals surface area contributed by atoms with Crippen LogP contribution >= 0.6 is 0 Å². The Morgan fingerprint density at radius 1 is 1.00 bits per heavy atom. The minimum atomic E-state index is -0.405. The van der Waals surface area contributed by atoms with E-state index >= 15 is 0 Å². The Morgan fingerprint density at radius 3 is 2.35 bits per heavy atom. The van der Waals surface area contributed by atoms with E-state index in [4.69, 9.17) is 0 Å². The van der Waals surface area contributed by atoms with E-state index in [-0.39, 0.29) is 17.9 Å². The minimum Gasteiger partial charge on any atom is -0.349 e. The molecule has 2 aromatic carbocycles. The molecule has 5 heteroatoms. The summed E-state index contributed by atoms with van der Waals surface area (Å²) in [6, 6.07) is 13.7. The van der Waals surface area contributed by atoms with Crippen molar-refractivity contribution in [2.75, 3.05) is 0 Å². The van der Waals surface area contributed by atoms with Gasteiger partial charge >= 0.3 is 0 Å². The van der Waals surface area contributed by atoms with Crippen molar-refractivity contribution in [3.63, 3.8) is 0 Å². The van der Waals surface area contributed by atoms with Crippen LogP contribution in [-0.2, 0) is 6.54 Å². The predicted octanol–water partition coefficient (Wildman–Crippen LogP) is 3.52. The maximum Gasteiger partial charge on any atom is 0.254 e. The summed E-state index contributed by atoms with van der Waals surface area (Å²) in [7, 11) is 0. The van der Waals surface area contributed by atoms with Crippen LogP contribution in [0, 0.1) is 5.82 Å². The Labute approximate surface area is 152 Å². The van der Waals surface area contributed by atoms with E-state index in [2.05, 4.69) is 5.32 Å². The fraction of sp³-hybridized carbons (Fsp3) is 0.333. The summed E-state index contributed by atoms with van der Waals surface area (Å²) in [5.41, 5.74) is 1.97. The fourth-order valence-electron chi connectivity index (χ4n) is 2.99. The number of carbonyl (C=O) groups excluding carboxylic acids is 2. The third-order valence-corrected chi connectivity index (χ3v) is 4.80. The van der Waals surface area contributed by atoms with Gasteiger partial charge in [0.05, 0.1) is 0 Å². The van der Waals surface area contributed by atoms with Crippen molar-refractivity contribution in [3.8, 4) is 0 Å². The predicted molar refractivity (Wildman–Crippen MR) is 96.2 cm³/mol. The number of nitrogens with one attached hydrogen (secondary N) is 1. The van der Waals surface area contributed by atoms with E-state index in [9.17, 15) is 14.0 Å². The standard InChI is InChI=1S/C21H21FN2O2/c22-17-3-1-2-16(12-17)21(26)24(19-10-11-19)13-14-4-6-15(7-5-14)20(25)23-18-8-9-18/h1-7,12,18-19H,8-11,13H2,(H,23,25). The molecule has 1 N–H and O–H groups in total. The Balaban J connectivity index is 1.46. The molecule has 134 valence electrons. The van der Waals surface area contributed by atoms with Crippen LogP contribution in [-0.4, -0.2) is 28.8 Å². The molecule has 0 radical (unpaired) electrons. The van der Waals surface area contributed by atoms with Crippen molar-refractivity contribution in [2.45, 2.75) is 44.3 Å². The molecule has 2 aromatic rings. The van der Waals surface area contributed by atoms with Crippen LogP contribution in [0.4, 0.5) is 4.39 Å². The lowest BCUT2D eigenvalue weighted by Gasteiger charge is -2.23. The van der Waals surface area contributed by atoms with E-state index in [1.807, 2.05) is 12.1 Å². The first-order valence-corrected chi connectivity index (χ1v) is 9.06. The Hall–Kier alpha value is -2.69. The van der Waals surface area contributed by atoms with Gasteiger partial charge < -0.3 is 10.2 Å². The van der Waals surface area contributed by atoms with Crippen LogP contribution in [0.5, 0.6) is 0 Å². The van der Waals surface area contributed by atoms with E-state index < -0.39 is 5.82 Å². The summed E-state index contributed by atoms with van der Waals surface area (Å²) < 4.78 is 13.4. The Morgan fingerprint density at radius 2 is 1.73 bits per heavy atom. The van der Waals surface area contributed by atoms with Gasteiger partial charge in [-0.15, -0.1) is 0 Å². The van der Waals surface area contributed by atoms with Crippen LogP contribution in [0.1, 0.15) is 52.0 Å². The largest absolute Gasteiger partial charge is 0.349 e. The van der Waals surface area contributed by atoms with E-state index in [1.165, 1.54) is 12.1 Å². The molecule has 0 saturated heterocycles. The molecule has 26 heavy (non-hydrogen) atoms. The van der Waals surface area contributed by atoms with Gasteiger partial charge in [-0.3, -0.25) is 9.59 Å². The third kappa shape index (κ3) is 3.93. The first kappa shape index (κ1) is 16.8. The fourth-order valence-corrected chi connectivity index (χ4v) is 2.99. The second kappa shape index (κ2) is 6.90. The smallest absolute Gasteiger partial charge is 0.254 e. The molecule has 0 aromatic heterocycles. The third-order valence-electron chi connectivity index (χ3n) is 4.80. The average molecular weight is 352 g/mol. The van der Waals surface area contributed by atoms with E-state index in [0.29, 0.717) is 23.7 Å². The molecule has 2 saturated carbocycles. The number of rotatable bonds is 6. The number of hydrogen-bond donors (Lipinski definition) is 1. The van der Waals surface area contributed by atoms with Gasteiger partial charge in [0.1, 0.15) is 5.82 Å². The zero-order valence-corrected chi connectivity index (χ0v) is 14.5. The maximum absolute atomic E-state index is 13.4. The van der Waals surface area contributed by atoms with Crippen molar-refractivity contribution >= 4 is 11.8 Å². The van der Waals surface area contributed by atoms with Crippen molar-refractivity contribution in [2.24, 2.45) is 0 Å². The first-order valence-electron chi connectivity index (χ1n) is 9.06. The highest BCUT2D eigenvalue weighted by atomic mass is 19.1. The van der Waals surface area contributed by atoms with E-state index in [1.54, 1.807) is 29.2 Å². The number of hydrogen-bond acceptors (Lipinski definition) is 2. The van der Waals surface area contributed by atoms with Gasteiger partial charge in [0.25, 0.3) is 11.8 Å². The second-order valence-electron chi connectivity index (χ2n) is 7.12. The SMILES string of the molecule is O=C(NC1CC1)c1ccc(CN(C(=O)c2cccc(F)c2)C2CC2)cc1. The van der Waals surface area contributed by atoms with Crippen LogP contribution in [0.2, 0.25) is 0 Å². The molecule has 0 atom stereocenters. The van der Waals surface area contributed by atoms with Gasteiger partial charge in [-0.2, -0.15) is 0 Å². The summed E-state index contributed by atoms with van der Waals surface area (Å²) in [5.74, 6) is -0.603. The molecule has 0 heterocycles. The lowest BCUT2D eigenvalue weighted by molar-refractivity contribution is 0.0729. The molecular formula is C21H21FN2O2. The zero-order valence-electron chi connectivity index (χ0n) is 14.5. The van der Waals surface area contributed by atoms with Gasteiger partial charge in [0.2, 0.25) is 0 Å². The highest BCUT2D eigenvalue weighted by Crippen LogP contribution is 2.30. The highest BCUT2D eigenvalue weighted by Gasteiger charge is 2.33. The Kier molecular flexibility index (Phi) is 4.45. The van der Waals surface area contributed by atoms with Crippen LogP contribution in [0.3, 0.4) is 0 Å². The van der Waals surface area contributed by atoms with Gasteiger partial charge in [0.15, 0.2) is 0 Å². The molecule has 0 unspecified atom stereocenters. The summed E-state index contributed by atoms with van der Waals surface area (Å²) in [6.45, 7) is 0.463. The van der Waals surface area contributed by atoms with Crippen LogP contribution < -0.4 is 5.32 Å². The molecular weight excluding hydrogens is 331 g/mol. The monoisotopic (exact) mass is 352 g/mol. The van der Waals surface area contributed by atoms with E-state index in [0.717, 1.165) is 31.2 Å². The summed E-state index contributed by atoms with van der Waals surface area (Å²) >= 11 is 0. The average Bonchev–Trinajstić information content (AvgIpc) is 3.54. The van der Waals surface area contributed by atoms with Crippen molar-refractivity contribution in [1.82, 2.24) is 10.2 Å². The van der Waals surface area contributed by atoms with Gasteiger partial charge in [-0.1, -0.05) is 18.2 Å². The van der Waals surface area contributed by atoms with Gasteiger partial charge in [-0.25, -0.2) is 4.39 Å². The molecule has 0 bridgehead atoms. The summed E-state index contributed by atoms with van der Waals surface area (Å²) in [4.78, 5) is 26.6. The molecule has 0 spiro atoms. The molecule has 4 nitrogen and oxygen atoms in total. The van der Waals surface area contributed by atoms with Gasteiger partial charge in [0, 0.05) is 29.8 Å². The summed E-state index contributed by atoms with van der Waals surface area (Å²) in [5, 5.41) is 2.96. The molecule has 0 aliphatic heterocycles. The quantitative estimate of drug-likeness (QED) is 0.865. The van der Waals surface area contributed by atoms with Gasteiger partial charge in [-0.05, 0) is 61.6 Å². The zero-order chi connectivity index (χ0) is 18.1.